The summed E-state index contributed by atoms with van der Waals surface area (Å²) in [4.78, 5) is 14.0. The average Bonchev–Trinajstić information content (AvgIpc) is 2.42. The fourth-order valence-corrected chi connectivity index (χ4v) is 1.85. The van der Waals surface area contributed by atoms with Crippen molar-refractivity contribution < 1.29 is 13.9 Å². The predicted octanol–water partition coefficient (Wildman–Crippen LogP) is 2.04. The molecule has 0 spiro atoms. The molecular formula is C14H21FN2O2. The molecule has 0 saturated carbocycles. The van der Waals surface area contributed by atoms with E-state index in [1.807, 2.05) is 6.92 Å². The minimum atomic E-state index is -0.524. The van der Waals surface area contributed by atoms with Gasteiger partial charge in [-0.2, -0.15) is 0 Å². The van der Waals surface area contributed by atoms with Crippen LogP contribution in [0.1, 0.15) is 30.1 Å². The Labute approximate surface area is 113 Å². The van der Waals surface area contributed by atoms with Crippen molar-refractivity contribution in [3.8, 4) is 5.75 Å². The van der Waals surface area contributed by atoms with Gasteiger partial charge in [0.15, 0.2) is 11.6 Å². The van der Waals surface area contributed by atoms with Gasteiger partial charge in [-0.1, -0.05) is 6.92 Å². The monoisotopic (exact) mass is 268 g/mol. The number of hydrogen-bond acceptors (Lipinski definition) is 3. The highest BCUT2D eigenvalue weighted by atomic mass is 19.1. The zero-order valence-corrected chi connectivity index (χ0v) is 11.5. The largest absolute Gasteiger partial charge is 0.494 e. The van der Waals surface area contributed by atoms with Gasteiger partial charge in [-0.15, -0.1) is 0 Å². The summed E-state index contributed by atoms with van der Waals surface area (Å²) in [6.07, 6.45) is 1.60. The Morgan fingerprint density at radius 2 is 2.16 bits per heavy atom. The number of amides is 1. The van der Waals surface area contributed by atoms with Crippen LogP contribution in [0.2, 0.25) is 0 Å². The van der Waals surface area contributed by atoms with Gasteiger partial charge in [-0.25, -0.2) is 4.39 Å². The lowest BCUT2D eigenvalue weighted by Gasteiger charge is -2.22. The van der Waals surface area contributed by atoms with Crippen LogP contribution in [-0.4, -0.2) is 37.6 Å². The van der Waals surface area contributed by atoms with E-state index in [-0.39, 0.29) is 11.7 Å². The summed E-state index contributed by atoms with van der Waals surface area (Å²) >= 11 is 0. The summed E-state index contributed by atoms with van der Waals surface area (Å²) in [6, 6.07) is 4.26. The summed E-state index contributed by atoms with van der Waals surface area (Å²) < 4.78 is 18.4. The van der Waals surface area contributed by atoms with Gasteiger partial charge in [-0.05, 0) is 37.6 Å². The summed E-state index contributed by atoms with van der Waals surface area (Å²) in [6.45, 7) is 3.77. The lowest BCUT2D eigenvalue weighted by atomic mass is 10.1. The van der Waals surface area contributed by atoms with Crippen molar-refractivity contribution in [1.29, 1.82) is 0 Å². The number of hydrogen-bond donors (Lipinski definition) is 1. The molecule has 2 N–H and O–H groups in total. The van der Waals surface area contributed by atoms with E-state index in [1.54, 1.807) is 11.0 Å². The number of carbonyl (C=O) groups is 1. The Balaban J connectivity index is 2.86. The Kier molecular flexibility index (Phi) is 6.29. The van der Waals surface area contributed by atoms with Crippen LogP contribution in [0.4, 0.5) is 4.39 Å². The molecule has 4 nitrogen and oxygen atoms in total. The van der Waals surface area contributed by atoms with Crippen molar-refractivity contribution in [3.63, 3.8) is 0 Å². The second-order valence-corrected chi connectivity index (χ2v) is 4.28. The molecule has 1 amide bonds. The Morgan fingerprint density at radius 3 is 2.68 bits per heavy atom. The molecule has 0 aliphatic carbocycles. The van der Waals surface area contributed by atoms with Gasteiger partial charge in [0, 0.05) is 18.7 Å². The number of nitrogens with two attached hydrogens (primary N) is 1. The lowest BCUT2D eigenvalue weighted by molar-refractivity contribution is 0.0754. The fraction of sp³-hybridized carbons (Fsp3) is 0.500. The van der Waals surface area contributed by atoms with E-state index in [0.717, 1.165) is 12.8 Å². The number of benzene rings is 1. The molecule has 1 aromatic carbocycles. The van der Waals surface area contributed by atoms with Crippen molar-refractivity contribution >= 4 is 5.91 Å². The quantitative estimate of drug-likeness (QED) is 0.823. The summed E-state index contributed by atoms with van der Waals surface area (Å²) in [7, 11) is 1.39. The van der Waals surface area contributed by atoms with Crippen LogP contribution >= 0.6 is 0 Å². The second kappa shape index (κ2) is 7.74. The molecule has 0 bridgehead atoms. The normalized spacial score (nSPS) is 10.3. The van der Waals surface area contributed by atoms with Gasteiger partial charge in [0.05, 0.1) is 7.11 Å². The van der Waals surface area contributed by atoms with Crippen molar-refractivity contribution in [2.75, 3.05) is 26.7 Å². The molecule has 0 atom stereocenters. The van der Waals surface area contributed by atoms with E-state index >= 15 is 0 Å². The van der Waals surface area contributed by atoms with Gasteiger partial charge in [-0.3, -0.25) is 4.79 Å². The molecule has 5 heteroatoms. The number of carbonyl (C=O) groups excluding carboxylic acids is 1. The SMILES string of the molecule is CCCN(CCCN)C(=O)c1ccc(OC)c(F)c1. The van der Waals surface area contributed by atoms with Crippen LogP contribution in [0.15, 0.2) is 18.2 Å². The van der Waals surface area contributed by atoms with E-state index in [1.165, 1.54) is 19.2 Å². The first-order valence-electron chi connectivity index (χ1n) is 6.46. The van der Waals surface area contributed by atoms with Gasteiger partial charge < -0.3 is 15.4 Å². The lowest BCUT2D eigenvalue weighted by Crippen LogP contribution is -2.33. The van der Waals surface area contributed by atoms with Crippen molar-refractivity contribution in [3.05, 3.63) is 29.6 Å². The van der Waals surface area contributed by atoms with Crippen LogP contribution in [0.5, 0.6) is 5.75 Å². The summed E-state index contributed by atoms with van der Waals surface area (Å²) in [5.74, 6) is -0.555. The first kappa shape index (κ1) is 15.4. The smallest absolute Gasteiger partial charge is 0.253 e. The molecule has 0 aliphatic rings. The minimum absolute atomic E-state index is 0.139. The van der Waals surface area contributed by atoms with Crippen LogP contribution in [0.25, 0.3) is 0 Å². The van der Waals surface area contributed by atoms with Crippen molar-refractivity contribution in [1.82, 2.24) is 4.90 Å². The zero-order valence-electron chi connectivity index (χ0n) is 11.5. The topological polar surface area (TPSA) is 55.6 Å². The standard InChI is InChI=1S/C14H21FN2O2/c1-3-8-17(9-4-7-16)14(18)11-5-6-13(19-2)12(15)10-11/h5-6,10H,3-4,7-9,16H2,1-2H3. The Hall–Kier alpha value is -1.62. The van der Waals surface area contributed by atoms with E-state index in [0.29, 0.717) is 25.2 Å². The maximum Gasteiger partial charge on any atom is 0.253 e. The van der Waals surface area contributed by atoms with Crippen molar-refractivity contribution in [2.45, 2.75) is 19.8 Å². The zero-order chi connectivity index (χ0) is 14.3. The number of ether oxygens (including phenoxy) is 1. The number of rotatable bonds is 7. The Morgan fingerprint density at radius 1 is 1.42 bits per heavy atom. The number of nitrogens with zero attached hydrogens (tertiary/aromatic N) is 1. The number of halogens is 1. The first-order chi connectivity index (χ1) is 9.13. The molecule has 0 radical (unpaired) electrons. The molecule has 0 unspecified atom stereocenters. The van der Waals surface area contributed by atoms with Gasteiger partial charge in [0.25, 0.3) is 5.91 Å². The molecule has 0 saturated heterocycles. The third kappa shape index (κ3) is 4.21. The molecule has 1 rings (SSSR count). The van der Waals surface area contributed by atoms with Crippen molar-refractivity contribution in [2.24, 2.45) is 5.73 Å². The molecule has 0 heterocycles. The summed E-state index contributed by atoms with van der Waals surface area (Å²) in [5.41, 5.74) is 5.80. The van der Waals surface area contributed by atoms with E-state index in [9.17, 15) is 9.18 Å². The predicted molar refractivity (Wildman–Crippen MR) is 72.8 cm³/mol. The van der Waals surface area contributed by atoms with E-state index < -0.39 is 5.82 Å². The first-order valence-corrected chi connectivity index (χ1v) is 6.46. The van der Waals surface area contributed by atoms with Crippen LogP contribution in [0, 0.1) is 5.82 Å². The Bertz CT molecular complexity index is 424. The molecule has 0 aliphatic heterocycles. The highest BCUT2D eigenvalue weighted by molar-refractivity contribution is 5.94. The van der Waals surface area contributed by atoms with Crippen LogP contribution in [-0.2, 0) is 0 Å². The molecular weight excluding hydrogens is 247 g/mol. The molecule has 0 aromatic heterocycles. The highest BCUT2D eigenvalue weighted by Gasteiger charge is 2.16. The van der Waals surface area contributed by atoms with Gasteiger partial charge in [0.2, 0.25) is 0 Å². The maximum atomic E-state index is 13.6. The number of methoxy groups -OCH3 is 1. The highest BCUT2D eigenvalue weighted by Crippen LogP contribution is 2.18. The van der Waals surface area contributed by atoms with Gasteiger partial charge in [0.1, 0.15) is 0 Å². The maximum absolute atomic E-state index is 13.6. The molecule has 0 fully saturated rings. The summed E-state index contributed by atoms with van der Waals surface area (Å²) in [5, 5.41) is 0. The third-order valence-electron chi connectivity index (χ3n) is 2.81. The fourth-order valence-electron chi connectivity index (χ4n) is 1.85. The molecule has 1 aromatic rings. The van der Waals surface area contributed by atoms with E-state index in [4.69, 9.17) is 10.5 Å². The minimum Gasteiger partial charge on any atom is -0.494 e. The van der Waals surface area contributed by atoms with Gasteiger partial charge >= 0.3 is 0 Å². The van der Waals surface area contributed by atoms with Crippen LogP contribution in [0.3, 0.4) is 0 Å². The second-order valence-electron chi connectivity index (χ2n) is 4.28. The van der Waals surface area contributed by atoms with E-state index in [2.05, 4.69) is 0 Å². The average molecular weight is 268 g/mol. The molecule has 106 valence electrons. The van der Waals surface area contributed by atoms with Crippen LogP contribution < -0.4 is 10.5 Å². The third-order valence-corrected chi connectivity index (χ3v) is 2.81. The molecule has 19 heavy (non-hydrogen) atoms.